The molecule has 2 aromatic heterocycles. The fraction of sp³-hybridized carbons (Fsp3) is 0.429. The molecule has 2 rings (SSSR count). The first-order valence-corrected chi connectivity index (χ1v) is 6.73. The van der Waals surface area contributed by atoms with Crippen LogP contribution >= 0.6 is 0 Å². The summed E-state index contributed by atoms with van der Waals surface area (Å²) in [5.74, 6) is 0.316. The van der Waals surface area contributed by atoms with Crippen LogP contribution in [0.3, 0.4) is 0 Å². The number of nitrogens with one attached hydrogen (secondary N) is 1. The number of methoxy groups -OCH3 is 1. The molecular weight excluding hydrogens is 297 g/mol. The van der Waals surface area contributed by atoms with Crippen molar-refractivity contribution in [1.82, 2.24) is 14.8 Å². The molecule has 5 nitrogen and oxygen atoms in total. The third kappa shape index (κ3) is 3.15. The van der Waals surface area contributed by atoms with E-state index in [1.165, 1.54) is 19.4 Å². The number of halogens is 3. The van der Waals surface area contributed by atoms with E-state index in [-0.39, 0.29) is 12.4 Å². The van der Waals surface area contributed by atoms with Gasteiger partial charge in [0.2, 0.25) is 5.88 Å². The Balaban J connectivity index is 2.28. The summed E-state index contributed by atoms with van der Waals surface area (Å²) in [7, 11) is 3.23. The number of alkyl halides is 3. The van der Waals surface area contributed by atoms with Gasteiger partial charge in [-0.3, -0.25) is 0 Å². The maximum absolute atomic E-state index is 12.9. The maximum Gasteiger partial charge on any atom is 0.419 e. The van der Waals surface area contributed by atoms with Crippen LogP contribution in [0.5, 0.6) is 5.88 Å². The molecule has 0 aliphatic carbocycles. The lowest BCUT2D eigenvalue weighted by molar-refractivity contribution is -0.137. The monoisotopic (exact) mass is 314 g/mol. The largest absolute Gasteiger partial charge is 0.481 e. The van der Waals surface area contributed by atoms with Crippen LogP contribution in [0.1, 0.15) is 23.7 Å². The number of hydrogen-bond acceptors (Lipinski definition) is 4. The molecule has 0 fully saturated rings. The second kappa shape index (κ2) is 6.25. The van der Waals surface area contributed by atoms with Crippen molar-refractivity contribution in [2.24, 2.45) is 7.05 Å². The predicted molar refractivity (Wildman–Crippen MR) is 75.7 cm³/mol. The zero-order valence-electron chi connectivity index (χ0n) is 12.5. The van der Waals surface area contributed by atoms with E-state index in [1.54, 1.807) is 11.7 Å². The highest BCUT2D eigenvalue weighted by Gasteiger charge is 2.34. The van der Waals surface area contributed by atoms with E-state index < -0.39 is 11.7 Å². The summed E-state index contributed by atoms with van der Waals surface area (Å²) in [6, 6.07) is 2.26. The third-order valence-corrected chi connectivity index (χ3v) is 3.25. The van der Waals surface area contributed by atoms with Gasteiger partial charge in [0.05, 0.1) is 23.9 Å². The Labute approximate surface area is 126 Å². The van der Waals surface area contributed by atoms with Gasteiger partial charge in [0.1, 0.15) is 5.82 Å². The summed E-state index contributed by atoms with van der Waals surface area (Å²) >= 11 is 0. The van der Waals surface area contributed by atoms with Crippen molar-refractivity contribution in [2.45, 2.75) is 26.1 Å². The summed E-state index contributed by atoms with van der Waals surface area (Å²) in [5, 5.41) is 7.03. The molecule has 0 saturated carbocycles. The minimum absolute atomic E-state index is 0.153. The average molecular weight is 314 g/mol. The second-order valence-electron chi connectivity index (χ2n) is 4.66. The van der Waals surface area contributed by atoms with E-state index in [0.717, 1.165) is 17.3 Å². The maximum atomic E-state index is 12.9. The smallest absolute Gasteiger partial charge is 0.419 e. The van der Waals surface area contributed by atoms with E-state index in [0.29, 0.717) is 12.3 Å². The van der Waals surface area contributed by atoms with E-state index in [9.17, 15) is 13.2 Å². The molecule has 0 radical (unpaired) electrons. The summed E-state index contributed by atoms with van der Waals surface area (Å²) in [6.07, 6.45) is -2.48. The summed E-state index contributed by atoms with van der Waals surface area (Å²) in [6.45, 7) is 2.08. The Kier molecular flexibility index (Phi) is 4.58. The van der Waals surface area contributed by atoms with Crippen molar-refractivity contribution in [2.75, 3.05) is 12.4 Å². The Morgan fingerprint density at radius 2 is 2.09 bits per heavy atom. The van der Waals surface area contributed by atoms with Crippen molar-refractivity contribution in [1.29, 1.82) is 0 Å². The van der Waals surface area contributed by atoms with Gasteiger partial charge >= 0.3 is 6.18 Å². The molecule has 2 heterocycles. The second-order valence-corrected chi connectivity index (χ2v) is 4.66. The first-order chi connectivity index (χ1) is 10.4. The van der Waals surface area contributed by atoms with Crippen LogP contribution in [0.2, 0.25) is 0 Å². The number of aromatic nitrogens is 3. The van der Waals surface area contributed by atoms with Crippen LogP contribution in [-0.4, -0.2) is 21.9 Å². The van der Waals surface area contributed by atoms with Gasteiger partial charge in [0, 0.05) is 19.8 Å². The lowest BCUT2D eigenvalue weighted by Crippen LogP contribution is -2.12. The fourth-order valence-corrected chi connectivity index (χ4v) is 2.27. The third-order valence-electron chi connectivity index (χ3n) is 3.25. The van der Waals surface area contributed by atoms with Crippen LogP contribution in [-0.2, 0) is 26.2 Å². The van der Waals surface area contributed by atoms with Crippen molar-refractivity contribution < 1.29 is 17.9 Å². The molecule has 0 unspecified atom stereocenters. The topological polar surface area (TPSA) is 52.0 Å². The van der Waals surface area contributed by atoms with Crippen LogP contribution in [0.4, 0.5) is 19.0 Å². The molecule has 2 aromatic rings. The van der Waals surface area contributed by atoms with E-state index in [4.69, 9.17) is 4.74 Å². The molecule has 1 N–H and O–H groups in total. The zero-order chi connectivity index (χ0) is 16.3. The van der Waals surface area contributed by atoms with Gasteiger partial charge in [0.15, 0.2) is 0 Å². The van der Waals surface area contributed by atoms with Crippen molar-refractivity contribution in [3.8, 4) is 5.88 Å². The number of anilines is 1. The van der Waals surface area contributed by atoms with Gasteiger partial charge in [-0.15, -0.1) is 0 Å². The Bertz CT molecular complexity index is 652. The number of ether oxygens (including phenoxy) is 1. The van der Waals surface area contributed by atoms with Gasteiger partial charge < -0.3 is 10.1 Å². The normalized spacial score (nSPS) is 11.5. The number of aryl methyl sites for hydroxylation is 2. The molecule has 0 aliphatic rings. The summed E-state index contributed by atoms with van der Waals surface area (Å²) in [4.78, 5) is 3.78. The van der Waals surface area contributed by atoms with Gasteiger partial charge in [0.25, 0.3) is 0 Å². The SMILES string of the molecule is CCc1nn(C)c(OC)c1CNc1ncccc1C(F)(F)F. The summed E-state index contributed by atoms with van der Waals surface area (Å²) < 4.78 is 45.7. The first kappa shape index (κ1) is 16.1. The van der Waals surface area contributed by atoms with E-state index >= 15 is 0 Å². The Morgan fingerprint density at radius 3 is 2.68 bits per heavy atom. The quantitative estimate of drug-likeness (QED) is 0.922. The highest BCUT2D eigenvalue weighted by molar-refractivity contribution is 5.47. The van der Waals surface area contributed by atoms with Crippen molar-refractivity contribution >= 4 is 5.82 Å². The van der Waals surface area contributed by atoms with Gasteiger partial charge in [-0.2, -0.15) is 18.3 Å². The molecule has 0 bridgehead atoms. The molecule has 0 atom stereocenters. The minimum atomic E-state index is -4.46. The van der Waals surface area contributed by atoms with Crippen molar-refractivity contribution in [3.05, 3.63) is 35.2 Å². The molecule has 22 heavy (non-hydrogen) atoms. The molecule has 120 valence electrons. The lowest BCUT2D eigenvalue weighted by atomic mass is 10.2. The predicted octanol–water partition coefficient (Wildman–Crippen LogP) is 3.02. The average Bonchev–Trinajstić information content (AvgIpc) is 2.79. The van der Waals surface area contributed by atoms with Gasteiger partial charge in [-0.25, -0.2) is 9.67 Å². The zero-order valence-corrected chi connectivity index (χ0v) is 12.5. The van der Waals surface area contributed by atoms with Gasteiger partial charge in [-0.1, -0.05) is 6.92 Å². The standard InChI is InChI=1S/C14H17F3N4O/c1-4-11-9(13(22-3)21(2)20-11)8-19-12-10(14(15,16)17)6-5-7-18-12/h5-7H,4,8H2,1-3H3,(H,18,19). The number of nitrogens with zero attached hydrogens (tertiary/aromatic N) is 3. The molecule has 0 aliphatic heterocycles. The van der Waals surface area contributed by atoms with Crippen LogP contribution < -0.4 is 10.1 Å². The summed E-state index contributed by atoms with van der Waals surface area (Å²) in [5.41, 5.74) is 0.707. The van der Waals surface area contributed by atoms with Crippen LogP contribution in [0.15, 0.2) is 18.3 Å². The Morgan fingerprint density at radius 1 is 1.36 bits per heavy atom. The lowest BCUT2D eigenvalue weighted by Gasteiger charge is -2.13. The molecule has 8 heteroatoms. The number of hydrogen-bond donors (Lipinski definition) is 1. The first-order valence-electron chi connectivity index (χ1n) is 6.73. The number of rotatable bonds is 5. The van der Waals surface area contributed by atoms with Gasteiger partial charge in [-0.05, 0) is 18.6 Å². The minimum Gasteiger partial charge on any atom is -0.481 e. The van der Waals surface area contributed by atoms with Crippen LogP contribution in [0, 0.1) is 0 Å². The highest BCUT2D eigenvalue weighted by atomic mass is 19.4. The molecule has 0 amide bonds. The highest BCUT2D eigenvalue weighted by Crippen LogP contribution is 2.34. The van der Waals surface area contributed by atoms with E-state index in [2.05, 4.69) is 15.4 Å². The van der Waals surface area contributed by atoms with Crippen molar-refractivity contribution in [3.63, 3.8) is 0 Å². The molecule has 0 saturated heterocycles. The van der Waals surface area contributed by atoms with Crippen LogP contribution in [0.25, 0.3) is 0 Å². The van der Waals surface area contributed by atoms with E-state index in [1.807, 2.05) is 6.92 Å². The molecular formula is C14H17F3N4O. The molecule has 0 aromatic carbocycles. The fourth-order valence-electron chi connectivity index (χ4n) is 2.27. The molecule has 0 spiro atoms. The number of pyridine rings is 1. The Hall–Kier alpha value is -2.25.